The number of hydrogen-bond acceptors (Lipinski definition) is 15. The molecule has 0 aliphatic heterocycles. The Bertz CT molecular complexity index is 4370. The van der Waals surface area contributed by atoms with Crippen LogP contribution >= 0.6 is 0 Å². The van der Waals surface area contributed by atoms with Crippen molar-refractivity contribution in [3.63, 3.8) is 0 Å². The lowest BCUT2D eigenvalue weighted by molar-refractivity contribution is -0.137. The SMILES string of the molecule is CCOC(=O)C=Cc1ccc(Oc2ccc(/C(=C\c3cccnc3)C(=O)O)cc2)cc1.CN(C)C(=O)/C(=C/c1cccnc1)c1ccc(Oc2ccc(/C=C/C(=O)NC(N)=O)cc2)cc1.NC(=O)NC(=O)/C=C/c1ccc(Oc2ccc(/C(=C\c3cccnc3)C(=O)O)cc2)cc1. The van der Waals surface area contributed by atoms with Crippen molar-refractivity contribution in [2.24, 2.45) is 11.5 Å². The second-order valence-electron chi connectivity index (χ2n) is 20.4. The number of imide groups is 2. The topological polar surface area (TPSA) is 332 Å². The summed E-state index contributed by atoms with van der Waals surface area (Å²) in [4.78, 5) is 105. The van der Waals surface area contributed by atoms with E-state index in [1.807, 2.05) is 47.0 Å². The van der Waals surface area contributed by atoms with Gasteiger partial charge in [-0.25, -0.2) is 24.0 Å². The summed E-state index contributed by atoms with van der Waals surface area (Å²) in [6.45, 7) is 2.09. The predicted molar refractivity (Wildman–Crippen MR) is 368 cm³/mol. The highest BCUT2D eigenvalue weighted by Crippen LogP contribution is 2.30. The first-order chi connectivity index (χ1) is 46.8. The number of carbonyl (C=O) groups is 8. The van der Waals surface area contributed by atoms with E-state index in [-0.39, 0.29) is 23.0 Å². The van der Waals surface area contributed by atoms with Crippen molar-refractivity contribution in [3.05, 3.63) is 287 Å². The van der Waals surface area contributed by atoms with Gasteiger partial charge < -0.3 is 45.5 Å². The number of urea groups is 2. The molecule has 97 heavy (non-hydrogen) atoms. The van der Waals surface area contributed by atoms with E-state index >= 15 is 0 Å². The highest BCUT2D eigenvalue weighted by molar-refractivity contribution is 6.24. The monoisotopic (exact) mass is 1300 g/mol. The molecule has 0 spiro atoms. The van der Waals surface area contributed by atoms with Gasteiger partial charge in [0, 0.05) is 75.1 Å². The lowest BCUT2D eigenvalue weighted by Crippen LogP contribution is -2.33. The summed E-state index contributed by atoms with van der Waals surface area (Å²) >= 11 is 0. The van der Waals surface area contributed by atoms with Crippen molar-refractivity contribution in [1.82, 2.24) is 30.5 Å². The normalized spacial score (nSPS) is 11.2. The Morgan fingerprint density at radius 2 is 0.701 bits per heavy atom. The first kappa shape index (κ1) is 70.8. The zero-order valence-electron chi connectivity index (χ0n) is 52.4. The van der Waals surface area contributed by atoms with Crippen LogP contribution in [-0.4, -0.2) is 98.5 Å². The Labute approximate surface area is 557 Å². The largest absolute Gasteiger partial charge is 0.478 e. The van der Waals surface area contributed by atoms with E-state index in [9.17, 15) is 48.6 Å². The van der Waals surface area contributed by atoms with Crippen LogP contribution in [-0.2, 0) is 33.5 Å². The van der Waals surface area contributed by atoms with Crippen molar-refractivity contribution in [2.45, 2.75) is 6.92 Å². The smallest absolute Gasteiger partial charge is 0.336 e. The number of carboxylic acid groups (broad SMARTS) is 2. The molecule has 0 aliphatic rings. The molecule has 22 heteroatoms. The molecule has 22 nitrogen and oxygen atoms in total. The van der Waals surface area contributed by atoms with Gasteiger partial charge in [-0.3, -0.25) is 40.0 Å². The molecule has 0 aliphatic carbocycles. The van der Waals surface area contributed by atoms with Gasteiger partial charge in [-0.15, -0.1) is 0 Å². The van der Waals surface area contributed by atoms with Crippen LogP contribution < -0.4 is 36.3 Å². The first-order valence-corrected chi connectivity index (χ1v) is 29.4. The van der Waals surface area contributed by atoms with Gasteiger partial charge in [0.05, 0.1) is 17.8 Å². The summed E-state index contributed by atoms with van der Waals surface area (Å²) in [5, 5.41) is 23.0. The lowest BCUT2D eigenvalue weighted by atomic mass is 10.0. The van der Waals surface area contributed by atoms with Gasteiger partial charge >= 0.3 is 30.0 Å². The van der Waals surface area contributed by atoms with E-state index in [2.05, 4.69) is 15.0 Å². The van der Waals surface area contributed by atoms with E-state index in [0.717, 1.165) is 27.8 Å². The fraction of sp³-hybridized carbons (Fsp3) is 0.0533. The molecular weight excluding hydrogens is 1240 g/mol. The van der Waals surface area contributed by atoms with Crippen LogP contribution in [0.3, 0.4) is 0 Å². The van der Waals surface area contributed by atoms with E-state index in [0.29, 0.717) is 68.9 Å². The summed E-state index contributed by atoms with van der Waals surface area (Å²) in [5.74, 6) is -0.312. The summed E-state index contributed by atoms with van der Waals surface area (Å²) in [7, 11) is 3.42. The van der Waals surface area contributed by atoms with Crippen LogP contribution in [0.1, 0.15) is 57.0 Å². The molecule has 0 fully saturated rings. The fourth-order valence-electron chi connectivity index (χ4n) is 8.41. The molecule has 9 aromatic rings. The first-order valence-electron chi connectivity index (χ1n) is 29.4. The number of amides is 7. The van der Waals surface area contributed by atoms with Crippen molar-refractivity contribution in [3.8, 4) is 34.5 Å². The molecule has 0 saturated heterocycles. The fourth-order valence-corrected chi connectivity index (χ4v) is 8.41. The maximum Gasteiger partial charge on any atom is 0.336 e. The van der Waals surface area contributed by atoms with E-state index in [4.69, 9.17) is 30.4 Å². The van der Waals surface area contributed by atoms with Gasteiger partial charge in [0.15, 0.2) is 0 Å². The third-order valence-electron chi connectivity index (χ3n) is 13.0. The Morgan fingerprint density at radius 3 is 0.969 bits per heavy atom. The van der Waals surface area contributed by atoms with Crippen LogP contribution in [0.4, 0.5) is 9.59 Å². The van der Waals surface area contributed by atoms with E-state index in [1.54, 1.807) is 234 Å². The molecule has 3 heterocycles. The summed E-state index contributed by atoms with van der Waals surface area (Å²) in [6, 6.07) is 50.8. The maximum atomic E-state index is 12.8. The van der Waals surface area contributed by atoms with Gasteiger partial charge in [-0.2, -0.15) is 0 Å². The summed E-state index contributed by atoms with van der Waals surface area (Å²) in [6.07, 6.45) is 23.3. The molecule has 0 atom stereocenters. The zero-order chi connectivity index (χ0) is 69.5. The van der Waals surface area contributed by atoms with Gasteiger partial charge in [0.1, 0.15) is 34.5 Å². The average Bonchev–Trinajstić information content (AvgIpc) is 0.957. The third kappa shape index (κ3) is 24.2. The highest BCUT2D eigenvalue weighted by Gasteiger charge is 2.16. The van der Waals surface area contributed by atoms with Crippen LogP contribution in [0, 0.1) is 0 Å². The van der Waals surface area contributed by atoms with Gasteiger partial charge in [-0.1, -0.05) is 91.0 Å². The molecule has 0 saturated carbocycles. The standard InChI is InChI=1S/C26H24N4O4.C25H21NO5.C24H19N3O5/c1-30(2)25(32)23(16-19-4-3-15-28-17-19)20-8-12-22(13-9-20)34-21-10-5-18(6-11-21)7-14-24(31)29-26(27)33;1-2-30-24(27)14-7-18-5-10-21(11-6-18)31-22-12-8-20(9-13-22)23(25(28)29)16-19-4-3-15-26-17-19;25-24(31)27-22(28)12-5-16-3-8-19(9-4-16)32-20-10-6-18(7-11-20)21(23(29)30)14-17-2-1-13-26-15-17/h3-17H,1-2H3,(H3,27,29,31,33);3-17H,2H2,1H3,(H,28,29);1-15H,(H,29,30)(H3,25,27,28,31)/b14-7+,23-16+;14-7?,23-16+;12-5+,21-14+. The molecule has 6 aromatic carbocycles. The molecule has 0 unspecified atom stereocenters. The molecular formula is C75H64N8O14. The maximum absolute atomic E-state index is 12.8. The van der Waals surface area contributed by atoms with Gasteiger partial charge in [0.2, 0.25) is 0 Å². The Kier molecular flexibility index (Phi) is 26.6. The number of esters is 1. The number of rotatable bonds is 22. The Balaban J connectivity index is 0.000000205. The van der Waals surface area contributed by atoms with Gasteiger partial charge in [-0.05, 0) is 184 Å². The number of nitrogens with two attached hydrogens (primary N) is 2. The zero-order valence-corrected chi connectivity index (χ0v) is 52.4. The minimum Gasteiger partial charge on any atom is -0.478 e. The Hall–Kier alpha value is -13.6. The third-order valence-corrected chi connectivity index (χ3v) is 13.0. The number of carboxylic acids is 2. The number of pyridine rings is 3. The molecule has 9 rings (SSSR count). The highest BCUT2D eigenvalue weighted by atomic mass is 16.5. The van der Waals surface area contributed by atoms with Crippen LogP contribution in [0.5, 0.6) is 34.5 Å². The van der Waals surface area contributed by atoms with Crippen LogP contribution in [0.15, 0.2) is 237 Å². The molecule has 0 radical (unpaired) electrons. The number of nitrogens with one attached hydrogen (secondary N) is 2. The van der Waals surface area contributed by atoms with Crippen LogP contribution in [0.2, 0.25) is 0 Å². The van der Waals surface area contributed by atoms with Crippen LogP contribution in [0.25, 0.3) is 53.2 Å². The summed E-state index contributed by atoms with van der Waals surface area (Å²) < 4.78 is 22.3. The number of ether oxygens (including phenoxy) is 4. The van der Waals surface area contributed by atoms with E-state index in [1.165, 1.54) is 29.2 Å². The quantitative estimate of drug-likeness (QED) is 0.0271. The molecule has 488 valence electrons. The number of carbonyl (C=O) groups excluding carboxylic acids is 6. The molecule has 3 aromatic heterocycles. The molecule has 7 amide bonds. The number of likely N-dealkylation sites (N-methyl/N-ethyl adjacent to an activating group) is 1. The van der Waals surface area contributed by atoms with Crippen molar-refractivity contribution >= 4 is 101 Å². The van der Waals surface area contributed by atoms with Crippen molar-refractivity contribution in [2.75, 3.05) is 20.7 Å². The summed E-state index contributed by atoms with van der Waals surface area (Å²) in [5.41, 5.74) is 17.0. The minimum absolute atomic E-state index is 0.120. The lowest BCUT2D eigenvalue weighted by Gasteiger charge is -2.14. The number of aromatic nitrogens is 3. The van der Waals surface area contributed by atoms with Crippen molar-refractivity contribution in [1.29, 1.82) is 0 Å². The molecule has 8 N–H and O–H groups in total. The van der Waals surface area contributed by atoms with E-state index < -0.39 is 35.8 Å². The second kappa shape index (κ2) is 36.4. The van der Waals surface area contributed by atoms with Gasteiger partial charge in [0.25, 0.3) is 17.7 Å². The Morgan fingerprint density at radius 1 is 0.412 bits per heavy atom. The number of nitrogens with zero attached hydrogens (tertiary/aromatic N) is 4. The van der Waals surface area contributed by atoms with Crippen molar-refractivity contribution < 1.29 is 67.5 Å². The molecule has 0 bridgehead atoms. The predicted octanol–water partition coefficient (Wildman–Crippen LogP) is 12.5. The number of benzene rings is 6. The second-order valence-corrected chi connectivity index (χ2v) is 20.4. The number of aliphatic carboxylic acids is 2. The number of hydrogen-bond donors (Lipinski definition) is 6. The number of primary amides is 2. The minimum atomic E-state index is -1.05. The average molecular weight is 1300 g/mol.